The van der Waals surface area contributed by atoms with E-state index >= 15 is 0 Å². The Bertz CT molecular complexity index is 1170. The van der Waals surface area contributed by atoms with Crippen molar-refractivity contribution in [3.8, 4) is 17.2 Å². The average Bonchev–Trinajstić information content (AvgIpc) is 3.40. The molecule has 2 aromatic carbocycles. The minimum atomic E-state index is -0.304. The van der Waals surface area contributed by atoms with Crippen LogP contribution in [0, 0.1) is 0 Å². The van der Waals surface area contributed by atoms with Crippen LogP contribution in [0.25, 0.3) is 0 Å². The third kappa shape index (κ3) is 5.43. The molecule has 0 unspecified atom stereocenters. The van der Waals surface area contributed by atoms with Gasteiger partial charge in [0, 0.05) is 23.5 Å². The lowest BCUT2D eigenvalue weighted by Crippen LogP contribution is -2.35. The molecule has 3 aromatic rings. The predicted octanol–water partition coefficient (Wildman–Crippen LogP) is 5.79. The number of ether oxygens (including phenoxy) is 3. The highest BCUT2D eigenvalue weighted by Gasteiger charge is 2.25. The highest BCUT2D eigenvalue weighted by atomic mass is 32.1. The van der Waals surface area contributed by atoms with Crippen molar-refractivity contribution in [1.29, 1.82) is 0 Å². The van der Waals surface area contributed by atoms with Gasteiger partial charge < -0.3 is 24.4 Å². The molecule has 7 nitrogen and oxygen atoms in total. The maximum absolute atomic E-state index is 13.2. The minimum absolute atomic E-state index is 0.0151. The number of nitrogens with zero attached hydrogens (tertiary/aromatic N) is 1. The van der Waals surface area contributed by atoms with Crippen LogP contribution in [0.3, 0.4) is 0 Å². The summed E-state index contributed by atoms with van der Waals surface area (Å²) in [7, 11) is 0. The summed E-state index contributed by atoms with van der Waals surface area (Å²) in [5.41, 5.74) is 2.94. The van der Waals surface area contributed by atoms with Crippen LogP contribution < -0.4 is 24.4 Å². The molecule has 0 saturated heterocycles. The third-order valence-corrected chi connectivity index (χ3v) is 6.47. The van der Waals surface area contributed by atoms with E-state index in [1.54, 1.807) is 17.0 Å². The highest BCUT2D eigenvalue weighted by molar-refractivity contribution is 7.12. The van der Waals surface area contributed by atoms with Gasteiger partial charge in [0.25, 0.3) is 11.8 Å². The van der Waals surface area contributed by atoms with E-state index in [9.17, 15) is 9.59 Å². The van der Waals surface area contributed by atoms with Crippen molar-refractivity contribution in [2.75, 3.05) is 36.6 Å². The smallest absolute Gasteiger partial charge is 0.268 e. The number of benzene rings is 2. The second kappa shape index (κ2) is 11.3. The molecule has 1 aliphatic rings. The van der Waals surface area contributed by atoms with Crippen LogP contribution in [-0.4, -0.2) is 38.2 Å². The predicted molar refractivity (Wildman–Crippen MR) is 139 cm³/mol. The zero-order valence-electron chi connectivity index (χ0n) is 20.3. The fourth-order valence-electron chi connectivity index (χ4n) is 4.12. The lowest BCUT2D eigenvalue weighted by Gasteiger charge is -2.29. The van der Waals surface area contributed by atoms with Gasteiger partial charge in [-0.05, 0) is 74.9 Å². The van der Waals surface area contributed by atoms with E-state index in [-0.39, 0.29) is 11.8 Å². The number of hydrogen-bond acceptors (Lipinski definition) is 6. The molecule has 35 heavy (non-hydrogen) atoms. The van der Waals surface area contributed by atoms with Crippen molar-refractivity contribution < 1.29 is 23.8 Å². The second-order valence-electron chi connectivity index (χ2n) is 7.94. The monoisotopic (exact) mass is 494 g/mol. The first-order chi connectivity index (χ1) is 17.0. The van der Waals surface area contributed by atoms with E-state index in [0.717, 1.165) is 24.1 Å². The van der Waals surface area contributed by atoms with Crippen molar-refractivity contribution >= 4 is 34.5 Å². The van der Waals surface area contributed by atoms with E-state index in [4.69, 9.17) is 14.2 Å². The summed E-state index contributed by atoms with van der Waals surface area (Å²) < 4.78 is 17.2. The number of amides is 2. The van der Waals surface area contributed by atoms with E-state index in [2.05, 4.69) is 5.32 Å². The first kappa shape index (κ1) is 24.6. The number of fused-ring (bicyclic) bond motifs is 1. The molecule has 1 N–H and O–H groups in total. The Morgan fingerprint density at radius 2 is 1.69 bits per heavy atom. The first-order valence-corrected chi connectivity index (χ1v) is 12.8. The number of thiophene rings is 1. The molecule has 0 saturated carbocycles. The molecule has 184 valence electrons. The van der Waals surface area contributed by atoms with Crippen LogP contribution in [0.5, 0.6) is 17.2 Å². The van der Waals surface area contributed by atoms with Crippen molar-refractivity contribution in [2.45, 2.75) is 33.6 Å². The fraction of sp³-hybridized carbons (Fsp3) is 0.333. The second-order valence-corrected chi connectivity index (χ2v) is 8.88. The molecule has 0 radical (unpaired) electrons. The number of carbonyl (C=O) groups excluding carboxylic acids is 2. The molecule has 0 atom stereocenters. The topological polar surface area (TPSA) is 77.1 Å². The van der Waals surface area contributed by atoms with E-state index < -0.39 is 0 Å². The molecule has 0 aliphatic carbocycles. The number of rotatable bonds is 9. The number of hydrogen-bond donors (Lipinski definition) is 1. The molecule has 2 heterocycles. The Labute approximate surface area is 209 Å². The molecule has 0 spiro atoms. The largest absolute Gasteiger partial charge is 0.490 e. The molecule has 0 fully saturated rings. The van der Waals surface area contributed by atoms with Gasteiger partial charge in [-0.25, -0.2) is 0 Å². The Kier molecular flexibility index (Phi) is 7.92. The van der Waals surface area contributed by atoms with Gasteiger partial charge in [-0.15, -0.1) is 11.3 Å². The summed E-state index contributed by atoms with van der Waals surface area (Å²) in [5.74, 6) is 1.09. The normalized spacial score (nSPS) is 12.6. The van der Waals surface area contributed by atoms with Gasteiger partial charge in [0.2, 0.25) is 5.75 Å². The summed E-state index contributed by atoms with van der Waals surface area (Å²) in [4.78, 5) is 28.8. The first-order valence-electron chi connectivity index (χ1n) is 11.9. The number of carbonyl (C=O) groups is 2. The van der Waals surface area contributed by atoms with Gasteiger partial charge in [0.1, 0.15) is 0 Å². The molecule has 0 bridgehead atoms. The van der Waals surface area contributed by atoms with Gasteiger partial charge in [0.05, 0.1) is 24.7 Å². The molecular weight excluding hydrogens is 464 g/mol. The van der Waals surface area contributed by atoms with Crippen molar-refractivity contribution in [3.05, 3.63) is 63.8 Å². The molecule has 4 rings (SSSR count). The molecule has 1 aromatic heterocycles. The Morgan fingerprint density at radius 3 is 2.31 bits per heavy atom. The van der Waals surface area contributed by atoms with E-state index in [1.165, 1.54) is 11.3 Å². The average molecular weight is 495 g/mol. The van der Waals surface area contributed by atoms with Crippen LogP contribution in [0.2, 0.25) is 0 Å². The van der Waals surface area contributed by atoms with Crippen LogP contribution in [-0.2, 0) is 6.42 Å². The SMILES string of the molecule is CCOc1cc(C(=O)Nc2ccc3c(c2)N(C(=O)c2cccs2)CCC3)cc(OCC)c1OCC. The van der Waals surface area contributed by atoms with Crippen LogP contribution in [0.15, 0.2) is 47.8 Å². The summed E-state index contributed by atoms with van der Waals surface area (Å²) in [6.07, 6.45) is 1.80. The highest BCUT2D eigenvalue weighted by Crippen LogP contribution is 2.39. The van der Waals surface area contributed by atoms with Gasteiger partial charge in [-0.3, -0.25) is 9.59 Å². The van der Waals surface area contributed by atoms with E-state index in [1.807, 2.05) is 56.5 Å². The molecule has 8 heteroatoms. The molecular formula is C27H30N2O5S. The standard InChI is InChI=1S/C27H30N2O5S/c1-4-32-22-15-19(16-23(33-5-2)25(22)34-6-3)26(30)28-20-12-11-18-9-7-13-29(21(18)17-20)27(31)24-10-8-14-35-24/h8,10-12,14-17H,4-7,9,13H2,1-3H3,(H,28,30). The minimum Gasteiger partial charge on any atom is -0.490 e. The number of anilines is 2. The van der Waals surface area contributed by atoms with Crippen LogP contribution >= 0.6 is 11.3 Å². The summed E-state index contributed by atoms with van der Waals surface area (Å²) in [6, 6.07) is 12.8. The molecule has 1 aliphatic heterocycles. The molecule has 2 amide bonds. The van der Waals surface area contributed by atoms with Crippen molar-refractivity contribution in [1.82, 2.24) is 0 Å². The lowest BCUT2D eigenvalue weighted by molar-refractivity contribution is 0.0987. The maximum atomic E-state index is 13.2. The third-order valence-electron chi connectivity index (χ3n) is 5.61. The lowest BCUT2D eigenvalue weighted by atomic mass is 10.0. The van der Waals surface area contributed by atoms with Crippen LogP contribution in [0.4, 0.5) is 11.4 Å². The van der Waals surface area contributed by atoms with Gasteiger partial charge in [0.15, 0.2) is 11.5 Å². The summed E-state index contributed by atoms with van der Waals surface area (Å²) >= 11 is 1.43. The van der Waals surface area contributed by atoms with Crippen molar-refractivity contribution in [3.63, 3.8) is 0 Å². The Hall–Kier alpha value is -3.52. The summed E-state index contributed by atoms with van der Waals surface area (Å²) in [6.45, 7) is 7.58. The van der Waals surface area contributed by atoms with Crippen LogP contribution in [0.1, 0.15) is 52.8 Å². The quantitative estimate of drug-likeness (QED) is 0.407. The van der Waals surface area contributed by atoms with Gasteiger partial charge in [-0.2, -0.15) is 0 Å². The zero-order valence-corrected chi connectivity index (χ0v) is 21.1. The number of nitrogens with one attached hydrogen (secondary N) is 1. The van der Waals surface area contributed by atoms with E-state index in [0.29, 0.717) is 59.7 Å². The van der Waals surface area contributed by atoms with Gasteiger partial charge in [-0.1, -0.05) is 12.1 Å². The fourth-order valence-corrected chi connectivity index (χ4v) is 4.79. The maximum Gasteiger partial charge on any atom is 0.268 e. The Balaban J connectivity index is 1.62. The number of aryl methyl sites for hydroxylation is 1. The zero-order chi connectivity index (χ0) is 24.8. The Morgan fingerprint density at radius 1 is 0.971 bits per heavy atom. The van der Waals surface area contributed by atoms with Gasteiger partial charge >= 0.3 is 0 Å². The van der Waals surface area contributed by atoms with Crippen molar-refractivity contribution in [2.24, 2.45) is 0 Å². The summed E-state index contributed by atoms with van der Waals surface area (Å²) in [5, 5.41) is 4.87.